The van der Waals surface area contributed by atoms with Crippen LogP contribution in [0.4, 0.5) is 5.69 Å². The number of likely N-dealkylation sites (N-methyl/N-ethyl adjacent to an activating group) is 1. The third-order valence-electron chi connectivity index (χ3n) is 5.81. The number of hydrogen-bond donors (Lipinski definition) is 1. The first kappa shape index (κ1) is 28.5. The van der Waals surface area contributed by atoms with Crippen molar-refractivity contribution in [3.63, 3.8) is 0 Å². The Morgan fingerprint density at radius 3 is 2.22 bits per heavy atom. The second-order valence-electron chi connectivity index (χ2n) is 8.49. The molecule has 1 unspecified atom stereocenters. The van der Waals surface area contributed by atoms with Crippen LogP contribution < -0.4 is 9.62 Å². The van der Waals surface area contributed by atoms with Crippen LogP contribution in [0.25, 0.3) is 0 Å². The van der Waals surface area contributed by atoms with E-state index < -0.39 is 28.5 Å². The van der Waals surface area contributed by atoms with Gasteiger partial charge in [0.05, 0.1) is 10.6 Å². The molecule has 0 aliphatic carbocycles. The van der Waals surface area contributed by atoms with E-state index in [1.807, 2.05) is 6.92 Å². The minimum atomic E-state index is -4.10. The fourth-order valence-corrected chi connectivity index (χ4v) is 5.58. The zero-order chi connectivity index (χ0) is 27.2. The highest BCUT2D eigenvalue weighted by molar-refractivity contribution is 7.92. The van der Waals surface area contributed by atoms with Crippen molar-refractivity contribution in [2.75, 3.05) is 17.4 Å². The van der Waals surface area contributed by atoms with Crippen molar-refractivity contribution < 1.29 is 18.0 Å². The molecule has 0 aliphatic rings. The van der Waals surface area contributed by atoms with Crippen LogP contribution in [-0.4, -0.2) is 44.3 Å². The average Bonchev–Trinajstić information content (AvgIpc) is 2.87. The van der Waals surface area contributed by atoms with Gasteiger partial charge in [0.2, 0.25) is 11.8 Å². The van der Waals surface area contributed by atoms with Gasteiger partial charge in [0.15, 0.2) is 0 Å². The molecule has 196 valence electrons. The van der Waals surface area contributed by atoms with E-state index in [1.165, 1.54) is 17.0 Å². The lowest BCUT2D eigenvalue weighted by atomic mass is 10.1. The van der Waals surface area contributed by atoms with Crippen LogP contribution >= 0.6 is 23.2 Å². The van der Waals surface area contributed by atoms with Crippen molar-refractivity contribution in [2.45, 2.75) is 38.3 Å². The highest BCUT2D eigenvalue weighted by Gasteiger charge is 2.32. The summed E-state index contributed by atoms with van der Waals surface area (Å²) in [6, 6.07) is 18.8. The maximum Gasteiger partial charge on any atom is 0.264 e. The monoisotopic (exact) mass is 561 g/mol. The number of nitrogens with one attached hydrogen (secondary N) is 1. The van der Waals surface area contributed by atoms with E-state index in [-0.39, 0.29) is 17.3 Å². The topological polar surface area (TPSA) is 86.8 Å². The molecule has 37 heavy (non-hydrogen) atoms. The molecular formula is C27H29Cl2N3O4S. The molecule has 0 saturated carbocycles. The number of carbonyl (C=O) groups excluding carboxylic acids is 2. The number of carbonyl (C=O) groups is 2. The van der Waals surface area contributed by atoms with E-state index in [2.05, 4.69) is 5.32 Å². The average molecular weight is 563 g/mol. The molecule has 0 fully saturated rings. The lowest BCUT2D eigenvalue weighted by Crippen LogP contribution is -2.51. The first-order chi connectivity index (χ1) is 17.5. The minimum absolute atomic E-state index is 0.0135. The number of benzene rings is 3. The van der Waals surface area contributed by atoms with Crippen molar-refractivity contribution in [2.24, 2.45) is 0 Å². The maximum absolute atomic E-state index is 13.8. The predicted octanol–water partition coefficient (Wildman–Crippen LogP) is 5.05. The lowest BCUT2D eigenvalue weighted by Gasteiger charge is -2.32. The van der Waals surface area contributed by atoms with Crippen LogP contribution in [0, 0.1) is 6.92 Å². The number of aryl methyl sites for hydroxylation is 1. The molecule has 10 heteroatoms. The molecular weight excluding hydrogens is 533 g/mol. The summed E-state index contributed by atoms with van der Waals surface area (Å²) in [5.41, 5.74) is 1.80. The summed E-state index contributed by atoms with van der Waals surface area (Å²) in [5.74, 6) is -0.933. The van der Waals surface area contributed by atoms with Gasteiger partial charge in [-0.25, -0.2) is 8.42 Å². The molecule has 0 saturated heterocycles. The number of amides is 2. The highest BCUT2D eigenvalue weighted by atomic mass is 35.5. The summed E-state index contributed by atoms with van der Waals surface area (Å²) in [4.78, 5) is 27.9. The van der Waals surface area contributed by atoms with Crippen LogP contribution in [-0.2, 0) is 26.2 Å². The Morgan fingerprint density at radius 2 is 1.62 bits per heavy atom. The van der Waals surface area contributed by atoms with Gasteiger partial charge in [-0.1, -0.05) is 65.2 Å². The molecule has 0 bridgehead atoms. The van der Waals surface area contributed by atoms with E-state index >= 15 is 0 Å². The van der Waals surface area contributed by atoms with E-state index in [4.69, 9.17) is 23.2 Å². The number of nitrogens with zero attached hydrogens (tertiary/aromatic N) is 2. The van der Waals surface area contributed by atoms with Gasteiger partial charge in [-0.3, -0.25) is 13.9 Å². The zero-order valence-electron chi connectivity index (χ0n) is 20.8. The SMILES string of the molecule is CCNC(=O)C(C)N(Cc1ccc(Cl)cc1Cl)C(=O)CN(c1ccccc1)S(=O)(=O)c1ccc(C)cc1. The Morgan fingerprint density at radius 1 is 0.973 bits per heavy atom. The Labute approximate surface area is 228 Å². The predicted molar refractivity (Wildman–Crippen MR) is 147 cm³/mol. The van der Waals surface area contributed by atoms with Gasteiger partial charge >= 0.3 is 0 Å². The quantitative estimate of drug-likeness (QED) is 0.375. The lowest BCUT2D eigenvalue weighted by molar-refractivity contribution is -0.139. The fraction of sp³-hybridized carbons (Fsp3) is 0.259. The third kappa shape index (κ3) is 7.03. The fourth-order valence-electron chi connectivity index (χ4n) is 3.70. The smallest absolute Gasteiger partial charge is 0.264 e. The molecule has 0 radical (unpaired) electrons. The molecule has 1 atom stereocenters. The van der Waals surface area contributed by atoms with Crippen LogP contribution in [0.1, 0.15) is 25.0 Å². The molecule has 0 aromatic heterocycles. The van der Waals surface area contributed by atoms with Gasteiger partial charge in [-0.15, -0.1) is 0 Å². The summed E-state index contributed by atoms with van der Waals surface area (Å²) in [7, 11) is -4.10. The van der Waals surface area contributed by atoms with Gasteiger partial charge < -0.3 is 10.2 Å². The maximum atomic E-state index is 13.8. The Bertz CT molecular complexity index is 1350. The molecule has 0 heterocycles. The van der Waals surface area contributed by atoms with E-state index in [0.717, 1.165) is 9.87 Å². The number of halogens is 2. The van der Waals surface area contributed by atoms with Crippen molar-refractivity contribution in [1.29, 1.82) is 0 Å². The zero-order valence-corrected chi connectivity index (χ0v) is 23.1. The third-order valence-corrected chi connectivity index (χ3v) is 8.18. The Kier molecular flexibility index (Phi) is 9.59. The van der Waals surface area contributed by atoms with Crippen LogP contribution in [0.15, 0.2) is 77.7 Å². The number of anilines is 1. The van der Waals surface area contributed by atoms with Crippen molar-refractivity contribution in [1.82, 2.24) is 10.2 Å². The summed E-state index contributed by atoms with van der Waals surface area (Å²) in [6.45, 7) is 5.07. The van der Waals surface area contributed by atoms with E-state index in [9.17, 15) is 18.0 Å². The molecule has 3 rings (SSSR count). The number of sulfonamides is 1. The normalized spacial score (nSPS) is 12.0. The van der Waals surface area contributed by atoms with Crippen molar-refractivity contribution in [3.05, 3.63) is 94.0 Å². The van der Waals surface area contributed by atoms with E-state index in [0.29, 0.717) is 27.8 Å². The van der Waals surface area contributed by atoms with E-state index in [1.54, 1.807) is 74.5 Å². The van der Waals surface area contributed by atoms with Crippen LogP contribution in [0.3, 0.4) is 0 Å². The van der Waals surface area contributed by atoms with Gasteiger partial charge in [0.25, 0.3) is 10.0 Å². The van der Waals surface area contributed by atoms with Gasteiger partial charge in [-0.2, -0.15) is 0 Å². The molecule has 3 aromatic rings. The summed E-state index contributed by atoms with van der Waals surface area (Å²) < 4.78 is 28.5. The standard InChI is InChI=1S/C27H29Cl2N3O4S/c1-4-30-27(34)20(3)31(17-21-12-13-22(28)16-25(21)29)26(33)18-32(23-8-6-5-7-9-23)37(35,36)24-14-10-19(2)11-15-24/h5-16,20H,4,17-18H2,1-3H3,(H,30,34). The molecule has 3 aromatic carbocycles. The Balaban J connectivity index is 2.02. The molecule has 2 amide bonds. The Hall–Kier alpha value is -3.07. The van der Waals surface area contributed by atoms with Crippen LogP contribution in [0.2, 0.25) is 10.0 Å². The first-order valence-electron chi connectivity index (χ1n) is 11.7. The second kappa shape index (κ2) is 12.4. The largest absolute Gasteiger partial charge is 0.355 e. The van der Waals surface area contributed by atoms with Gasteiger partial charge in [0.1, 0.15) is 12.6 Å². The summed E-state index contributed by atoms with van der Waals surface area (Å²) >= 11 is 12.4. The molecule has 0 aliphatic heterocycles. The number of para-hydroxylation sites is 1. The van der Waals surface area contributed by atoms with Crippen molar-refractivity contribution >= 4 is 50.7 Å². The highest BCUT2D eigenvalue weighted by Crippen LogP contribution is 2.26. The molecule has 1 N–H and O–H groups in total. The number of rotatable bonds is 10. The van der Waals surface area contributed by atoms with Crippen molar-refractivity contribution in [3.8, 4) is 0 Å². The molecule has 7 nitrogen and oxygen atoms in total. The first-order valence-corrected chi connectivity index (χ1v) is 13.9. The van der Waals surface area contributed by atoms with Gasteiger partial charge in [-0.05, 0) is 62.7 Å². The summed E-state index contributed by atoms with van der Waals surface area (Å²) in [5, 5.41) is 3.48. The summed E-state index contributed by atoms with van der Waals surface area (Å²) in [6.07, 6.45) is 0. The number of hydrogen-bond acceptors (Lipinski definition) is 4. The van der Waals surface area contributed by atoms with Crippen LogP contribution in [0.5, 0.6) is 0 Å². The molecule has 0 spiro atoms. The minimum Gasteiger partial charge on any atom is -0.355 e. The second-order valence-corrected chi connectivity index (χ2v) is 11.2. The van der Waals surface area contributed by atoms with Gasteiger partial charge in [0, 0.05) is 23.1 Å².